The lowest BCUT2D eigenvalue weighted by Gasteiger charge is -2.35. The van der Waals surface area contributed by atoms with Gasteiger partial charge in [0.05, 0.1) is 13.2 Å². The topological polar surface area (TPSA) is 61.9 Å². The summed E-state index contributed by atoms with van der Waals surface area (Å²) in [5.74, 6) is 0.221. The molecule has 0 aliphatic carbocycles. The first kappa shape index (κ1) is 17.0. The van der Waals surface area contributed by atoms with Gasteiger partial charge in [-0.1, -0.05) is 11.6 Å². The van der Waals surface area contributed by atoms with Crippen molar-refractivity contribution >= 4 is 29.2 Å². The van der Waals surface area contributed by atoms with E-state index in [4.69, 9.17) is 16.3 Å². The van der Waals surface area contributed by atoms with Crippen LogP contribution in [0.3, 0.4) is 0 Å². The number of ether oxygens (including phenoxy) is 1. The Balaban J connectivity index is 1.48. The maximum atomic E-state index is 12.5. The molecule has 1 N–H and O–H groups in total. The second-order valence-electron chi connectivity index (χ2n) is 6.14. The fourth-order valence-electron chi connectivity index (χ4n) is 3.11. The number of rotatable bonds is 2. The summed E-state index contributed by atoms with van der Waals surface area (Å²) in [6.07, 6.45) is 1.43. The number of morpholine rings is 1. The number of carbonyl (C=O) groups excluding carboxylic acids is 2. The minimum Gasteiger partial charge on any atom is -0.378 e. The Bertz CT molecular complexity index is 579. The van der Waals surface area contributed by atoms with Crippen LogP contribution in [0, 0.1) is 5.92 Å². The summed E-state index contributed by atoms with van der Waals surface area (Å²) in [6.45, 7) is 3.79. The van der Waals surface area contributed by atoms with E-state index in [2.05, 4.69) is 5.32 Å². The number of piperidine rings is 1. The number of hydrogen-bond donors (Lipinski definition) is 1. The lowest BCUT2D eigenvalue weighted by Crippen LogP contribution is -2.48. The van der Waals surface area contributed by atoms with Gasteiger partial charge in [-0.05, 0) is 37.1 Å². The van der Waals surface area contributed by atoms with Crippen molar-refractivity contribution in [1.82, 2.24) is 9.80 Å². The molecule has 0 unspecified atom stereocenters. The molecule has 3 amide bonds. The van der Waals surface area contributed by atoms with E-state index in [0.29, 0.717) is 57.3 Å². The number of benzene rings is 1. The van der Waals surface area contributed by atoms with Gasteiger partial charge in [-0.15, -0.1) is 0 Å². The zero-order valence-corrected chi connectivity index (χ0v) is 14.3. The normalized spacial score (nSPS) is 19.2. The van der Waals surface area contributed by atoms with Gasteiger partial charge in [0.1, 0.15) is 0 Å². The van der Waals surface area contributed by atoms with Crippen LogP contribution in [0.1, 0.15) is 12.8 Å². The van der Waals surface area contributed by atoms with Crippen molar-refractivity contribution in [3.05, 3.63) is 29.3 Å². The van der Waals surface area contributed by atoms with Crippen LogP contribution in [0.4, 0.5) is 10.5 Å². The van der Waals surface area contributed by atoms with E-state index in [1.165, 1.54) is 0 Å². The number of nitrogens with one attached hydrogen (secondary N) is 1. The number of halogens is 1. The highest BCUT2D eigenvalue weighted by Crippen LogP contribution is 2.21. The van der Waals surface area contributed by atoms with E-state index >= 15 is 0 Å². The average molecular weight is 352 g/mol. The Kier molecular flexibility index (Phi) is 5.58. The first-order valence-electron chi connectivity index (χ1n) is 8.31. The van der Waals surface area contributed by atoms with Gasteiger partial charge in [0.15, 0.2) is 0 Å². The van der Waals surface area contributed by atoms with Crippen molar-refractivity contribution < 1.29 is 14.3 Å². The Morgan fingerprint density at radius 1 is 1.00 bits per heavy atom. The van der Waals surface area contributed by atoms with Crippen LogP contribution in [0.2, 0.25) is 5.02 Å². The standard InChI is InChI=1S/C17H22ClN3O3/c18-14-1-3-15(4-2-14)19-17(23)21-7-5-13(6-8-21)16(22)20-9-11-24-12-10-20/h1-4,13H,5-12H2,(H,19,23). The van der Waals surface area contributed by atoms with Crippen molar-refractivity contribution in [2.45, 2.75) is 12.8 Å². The maximum absolute atomic E-state index is 12.5. The van der Waals surface area contributed by atoms with Gasteiger partial charge in [0.2, 0.25) is 5.91 Å². The first-order chi connectivity index (χ1) is 11.6. The van der Waals surface area contributed by atoms with E-state index in [1.807, 2.05) is 4.90 Å². The van der Waals surface area contributed by atoms with Crippen LogP contribution in [0.5, 0.6) is 0 Å². The lowest BCUT2D eigenvalue weighted by molar-refractivity contribution is -0.140. The molecular formula is C17H22ClN3O3. The van der Waals surface area contributed by atoms with E-state index in [-0.39, 0.29) is 17.9 Å². The average Bonchev–Trinajstić information content (AvgIpc) is 2.64. The summed E-state index contributed by atoms with van der Waals surface area (Å²) < 4.78 is 5.29. The molecule has 24 heavy (non-hydrogen) atoms. The highest BCUT2D eigenvalue weighted by atomic mass is 35.5. The fourth-order valence-corrected chi connectivity index (χ4v) is 3.23. The number of hydrogen-bond acceptors (Lipinski definition) is 3. The van der Waals surface area contributed by atoms with Gasteiger partial charge >= 0.3 is 6.03 Å². The zero-order valence-electron chi connectivity index (χ0n) is 13.5. The molecule has 2 heterocycles. The van der Waals surface area contributed by atoms with E-state index < -0.39 is 0 Å². The van der Waals surface area contributed by atoms with Crippen LogP contribution in [0.25, 0.3) is 0 Å². The molecular weight excluding hydrogens is 330 g/mol. The van der Waals surface area contributed by atoms with Crippen molar-refractivity contribution in [2.24, 2.45) is 5.92 Å². The quantitative estimate of drug-likeness (QED) is 0.890. The third-order valence-electron chi connectivity index (χ3n) is 4.55. The maximum Gasteiger partial charge on any atom is 0.321 e. The predicted molar refractivity (Wildman–Crippen MR) is 92.2 cm³/mol. The molecule has 2 saturated heterocycles. The molecule has 0 atom stereocenters. The van der Waals surface area contributed by atoms with Crippen molar-refractivity contribution in [3.8, 4) is 0 Å². The third-order valence-corrected chi connectivity index (χ3v) is 4.80. The molecule has 0 aromatic heterocycles. The molecule has 1 aromatic carbocycles. The summed E-state index contributed by atoms with van der Waals surface area (Å²) >= 11 is 5.84. The van der Waals surface area contributed by atoms with Crippen molar-refractivity contribution in [3.63, 3.8) is 0 Å². The van der Waals surface area contributed by atoms with Crippen molar-refractivity contribution in [2.75, 3.05) is 44.7 Å². The van der Waals surface area contributed by atoms with Crippen LogP contribution in [-0.4, -0.2) is 61.1 Å². The molecule has 7 heteroatoms. The van der Waals surface area contributed by atoms with Crippen LogP contribution < -0.4 is 5.32 Å². The minimum absolute atomic E-state index is 0.0164. The summed E-state index contributed by atoms with van der Waals surface area (Å²) in [7, 11) is 0. The first-order valence-corrected chi connectivity index (χ1v) is 8.69. The van der Waals surface area contributed by atoms with E-state index in [1.54, 1.807) is 29.2 Å². The summed E-state index contributed by atoms with van der Waals surface area (Å²) in [5, 5.41) is 3.50. The van der Waals surface area contributed by atoms with Gasteiger partial charge < -0.3 is 19.9 Å². The number of nitrogens with zero attached hydrogens (tertiary/aromatic N) is 2. The third kappa shape index (κ3) is 4.19. The molecule has 130 valence electrons. The number of carbonyl (C=O) groups is 2. The smallest absolute Gasteiger partial charge is 0.321 e. The predicted octanol–water partition coefficient (Wildman–Crippen LogP) is 2.44. The van der Waals surface area contributed by atoms with Gasteiger partial charge in [0.25, 0.3) is 0 Å². The van der Waals surface area contributed by atoms with E-state index in [0.717, 1.165) is 5.69 Å². The number of urea groups is 1. The molecule has 2 fully saturated rings. The minimum atomic E-state index is -0.130. The number of amides is 3. The molecule has 1 aromatic rings. The monoisotopic (exact) mass is 351 g/mol. The second kappa shape index (κ2) is 7.85. The number of anilines is 1. The zero-order chi connectivity index (χ0) is 16.9. The molecule has 0 saturated carbocycles. The summed E-state index contributed by atoms with van der Waals surface area (Å²) in [6, 6.07) is 6.90. The molecule has 6 nitrogen and oxygen atoms in total. The summed E-state index contributed by atoms with van der Waals surface area (Å²) in [5.41, 5.74) is 0.718. The van der Waals surface area contributed by atoms with Crippen LogP contribution >= 0.6 is 11.6 Å². The van der Waals surface area contributed by atoms with Gasteiger partial charge in [-0.25, -0.2) is 4.79 Å². The SMILES string of the molecule is O=C(Nc1ccc(Cl)cc1)N1CCC(C(=O)N2CCOCC2)CC1. The Morgan fingerprint density at radius 2 is 1.62 bits per heavy atom. The second-order valence-corrected chi connectivity index (χ2v) is 6.57. The molecule has 2 aliphatic heterocycles. The molecule has 2 aliphatic rings. The molecule has 0 bridgehead atoms. The Labute approximate surface area is 146 Å². The van der Waals surface area contributed by atoms with Crippen LogP contribution in [0.15, 0.2) is 24.3 Å². The van der Waals surface area contributed by atoms with Gasteiger partial charge in [0, 0.05) is 42.8 Å². The Hall–Kier alpha value is -1.79. The van der Waals surface area contributed by atoms with Gasteiger partial charge in [-0.3, -0.25) is 4.79 Å². The van der Waals surface area contributed by atoms with Crippen molar-refractivity contribution in [1.29, 1.82) is 0 Å². The van der Waals surface area contributed by atoms with E-state index in [9.17, 15) is 9.59 Å². The fraction of sp³-hybridized carbons (Fsp3) is 0.529. The molecule has 0 spiro atoms. The lowest BCUT2D eigenvalue weighted by atomic mass is 9.95. The molecule has 0 radical (unpaired) electrons. The summed E-state index contributed by atoms with van der Waals surface area (Å²) in [4.78, 5) is 28.4. The largest absolute Gasteiger partial charge is 0.378 e. The highest BCUT2D eigenvalue weighted by molar-refractivity contribution is 6.30. The van der Waals surface area contributed by atoms with Crippen LogP contribution in [-0.2, 0) is 9.53 Å². The molecule has 3 rings (SSSR count). The number of likely N-dealkylation sites (tertiary alicyclic amines) is 1. The Morgan fingerprint density at radius 3 is 2.25 bits per heavy atom. The highest BCUT2D eigenvalue weighted by Gasteiger charge is 2.30. The van der Waals surface area contributed by atoms with Gasteiger partial charge in [-0.2, -0.15) is 0 Å².